The summed E-state index contributed by atoms with van der Waals surface area (Å²) in [4.78, 5) is 7.66. The quantitative estimate of drug-likeness (QED) is 0.689. The number of hydrogen-bond acceptors (Lipinski definition) is 3. The number of nitrogens with zero attached hydrogens (tertiary/aromatic N) is 2. The summed E-state index contributed by atoms with van der Waals surface area (Å²) in [6, 6.07) is 1.65. The molecule has 0 spiro atoms. The molecule has 0 unspecified atom stereocenters. The number of anilines is 1. The van der Waals surface area contributed by atoms with Crippen LogP contribution in [0.25, 0.3) is 0 Å². The molecule has 0 radical (unpaired) electrons. The first-order valence-corrected chi connectivity index (χ1v) is 3.56. The van der Waals surface area contributed by atoms with Crippen molar-refractivity contribution in [3.63, 3.8) is 0 Å². The van der Waals surface area contributed by atoms with Gasteiger partial charge < -0.3 is 5.32 Å². The Morgan fingerprint density at radius 1 is 1.55 bits per heavy atom. The Kier molecular flexibility index (Phi) is 2.86. The maximum atomic E-state index is 5.61. The van der Waals surface area contributed by atoms with E-state index in [4.69, 9.17) is 11.6 Å². The van der Waals surface area contributed by atoms with E-state index >= 15 is 0 Å². The van der Waals surface area contributed by atoms with Crippen molar-refractivity contribution >= 4 is 17.4 Å². The smallest absolute Gasteiger partial charge is 0.134 e. The minimum absolute atomic E-state index is 0.437. The third kappa shape index (κ3) is 2.55. The second-order valence-corrected chi connectivity index (χ2v) is 2.26. The minimum atomic E-state index is 0.437. The summed E-state index contributed by atoms with van der Waals surface area (Å²) >= 11 is 5.61. The zero-order chi connectivity index (χ0) is 8.10. The Morgan fingerprint density at radius 3 is 3.00 bits per heavy atom. The number of halogens is 1. The van der Waals surface area contributed by atoms with E-state index in [1.165, 1.54) is 6.33 Å². The van der Waals surface area contributed by atoms with Gasteiger partial charge in [-0.25, -0.2) is 9.97 Å². The standard InChI is InChI=1S/C7H8ClN3/c1-2-3-9-7-4-6(8)10-5-11-7/h2-5H,1H3,(H,9,10,11)/b3-2-. The maximum Gasteiger partial charge on any atom is 0.134 e. The molecule has 11 heavy (non-hydrogen) atoms. The molecule has 1 aromatic rings. The van der Waals surface area contributed by atoms with Gasteiger partial charge in [0, 0.05) is 6.07 Å². The van der Waals surface area contributed by atoms with Gasteiger partial charge in [-0.2, -0.15) is 0 Å². The lowest BCUT2D eigenvalue weighted by Crippen LogP contribution is -1.91. The van der Waals surface area contributed by atoms with Crippen molar-refractivity contribution in [2.45, 2.75) is 6.92 Å². The molecule has 1 aromatic heterocycles. The molecule has 0 saturated heterocycles. The molecule has 0 aliphatic rings. The lowest BCUT2D eigenvalue weighted by Gasteiger charge is -1.97. The Hall–Kier alpha value is -1.09. The van der Waals surface area contributed by atoms with E-state index < -0.39 is 0 Å². The first-order valence-electron chi connectivity index (χ1n) is 3.18. The molecule has 0 aliphatic carbocycles. The monoisotopic (exact) mass is 169 g/mol. The summed E-state index contributed by atoms with van der Waals surface area (Å²) in [5.74, 6) is 0.697. The summed E-state index contributed by atoms with van der Waals surface area (Å²) in [7, 11) is 0. The zero-order valence-corrected chi connectivity index (χ0v) is 6.84. The number of hydrogen-bond donors (Lipinski definition) is 1. The lowest BCUT2D eigenvalue weighted by molar-refractivity contribution is 1.17. The highest BCUT2D eigenvalue weighted by atomic mass is 35.5. The second kappa shape index (κ2) is 3.93. The van der Waals surface area contributed by atoms with Gasteiger partial charge in [-0.15, -0.1) is 0 Å². The van der Waals surface area contributed by atoms with Crippen LogP contribution in [0.5, 0.6) is 0 Å². The van der Waals surface area contributed by atoms with E-state index in [1.54, 1.807) is 12.3 Å². The van der Waals surface area contributed by atoms with Gasteiger partial charge in [-0.3, -0.25) is 0 Å². The van der Waals surface area contributed by atoms with Crippen LogP contribution in [0.15, 0.2) is 24.7 Å². The van der Waals surface area contributed by atoms with Gasteiger partial charge in [0.05, 0.1) is 0 Å². The Morgan fingerprint density at radius 2 is 2.36 bits per heavy atom. The van der Waals surface area contributed by atoms with E-state index in [1.807, 2.05) is 13.0 Å². The van der Waals surface area contributed by atoms with Gasteiger partial charge in [0.2, 0.25) is 0 Å². The van der Waals surface area contributed by atoms with Crippen LogP contribution in [0, 0.1) is 0 Å². The van der Waals surface area contributed by atoms with Crippen molar-refractivity contribution < 1.29 is 0 Å². The van der Waals surface area contributed by atoms with Crippen LogP contribution in [0.1, 0.15) is 6.92 Å². The van der Waals surface area contributed by atoms with Crippen LogP contribution in [0.4, 0.5) is 5.82 Å². The van der Waals surface area contributed by atoms with Crippen molar-refractivity contribution in [3.8, 4) is 0 Å². The number of allylic oxidation sites excluding steroid dienone is 1. The topological polar surface area (TPSA) is 37.8 Å². The Balaban J connectivity index is 2.71. The van der Waals surface area contributed by atoms with Gasteiger partial charge in [-0.05, 0) is 13.1 Å². The highest BCUT2D eigenvalue weighted by Gasteiger charge is 1.91. The molecule has 0 atom stereocenters. The predicted molar refractivity (Wildman–Crippen MR) is 45.5 cm³/mol. The molecule has 0 bridgehead atoms. The van der Waals surface area contributed by atoms with Crippen molar-refractivity contribution in [1.82, 2.24) is 9.97 Å². The molecule has 1 rings (SSSR count). The van der Waals surface area contributed by atoms with Crippen LogP contribution in [-0.4, -0.2) is 9.97 Å². The van der Waals surface area contributed by atoms with E-state index in [0.717, 1.165) is 0 Å². The molecule has 0 aromatic carbocycles. The Labute approximate surface area is 70.1 Å². The number of aromatic nitrogens is 2. The lowest BCUT2D eigenvalue weighted by atomic mass is 10.6. The molecule has 4 heteroatoms. The van der Waals surface area contributed by atoms with Crippen LogP contribution >= 0.6 is 11.6 Å². The average Bonchev–Trinajstić information content (AvgIpc) is 2.01. The summed E-state index contributed by atoms with van der Waals surface area (Å²) < 4.78 is 0. The normalized spacial score (nSPS) is 10.4. The first kappa shape index (κ1) is 8.01. The third-order valence-corrected chi connectivity index (χ3v) is 1.24. The van der Waals surface area contributed by atoms with E-state index in [-0.39, 0.29) is 0 Å². The van der Waals surface area contributed by atoms with Crippen molar-refractivity contribution in [2.75, 3.05) is 5.32 Å². The Bertz CT molecular complexity index is 260. The fraction of sp³-hybridized carbons (Fsp3) is 0.143. The summed E-state index contributed by atoms with van der Waals surface area (Å²) in [5.41, 5.74) is 0. The molecular weight excluding hydrogens is 162 g/mol. The zero-order valence-electron chi connectivity index (χ0n) is 6.08. The largest absolute Gasteiger partial charge is 0.347 e. The summed E-state index contributed by atoms with van der Waals surface area (Å²) in [5, 5.41) is 3.36. The fourth-order valence-electron chi connectivity index (χ4n) is 0.581. The molecule has 0 fully saturated rings. The van der Waals surface area contributed by atoms with Gasteiger partial charge in [-0.1, -0.05) is 17.7 Å². The first-order chi connectivity index (χ1) is 5.33. The van der Waals surface area contributed by atoms with E-state index in [2.05, 4.69) is 15.3 Å². The molecule has 1 heterocycles. The van der Waals surface area contributed by atoms with Crippen LogP contribution < -0.4 is 5.32 Å². The van der Waals surface area contributed by atoms with E-state index in [0.29, 0.717) is 11.0 Å². The molecule has 0 amide bonds. The van der Waals surface area contributed by atoms with Crippen molar-refractivity contribution in [2.24, 2.45) is 0 Å². The maximum absolute atomic E-state index is 5.61. The van der Waals surface area contributed by atoms with Gasteiger partial charge in [0.1, 0.15) is 17.3 Å². The highest BCUT2D eigenvalue weighted by molar-refractivity contribution is 6.29. The molecule has 3 nitrogen and oxygen atoms in total. The van der Waals surface area contributed by atoms with Crippen LogP contribution in [0.2, 0.25) is 5.15 Å². The van der Waals surface area contributed by atoms with Crippen molar-refractivity contribution in [3.05, 3.63) is 29.8 Å². The predicted octanol–water partition coefficient (Wildman–Crippen LogP) is 2.08. The van der Waals surface area contributed by atoms with Gasteiger partial charge in [0.15, 0.2) is 0 Å². The summed E-state index contributed by atoms with van der Waals surface area (Å²) in [6.45, 7) is 1.91. The molecular formula is C7H8ClN3. The minimum Gasteiger partial charge on any atom is -0.347 e. The van der Waals surface area contributed by atoms with Crippen LogP contribution in [-0.2, 0) is 0 Å². The van der Waals surface area contributed by atoms with Crippen molar-refractivity contribution in [1.29, 1.82) is 0 Å². The van der Waals surface area contributed by atoms with Crippen LogP contribution in [0.3, 0.4) is 0 Å². The average molecular weight is 170 g/mol. The third-order valence-electron chi connectivity index (χ3n) is 1.03. The fourth-order valence-corrected chi connectivity index (χ4v) is 0.728. The van der Waals surface area contributed by atoms with E-state index in [9.17, 15) is 0 Å². The second-order valence-electron chi connectivity index (χ2n) is 1.87. The molecule has 0 saturated carbocycles. The summed E-state index contributed by atoms with van der Waals surface area (Å²) in [6.07, 6.45) is 5.06. The van der Waals surface area contributed by atoms with Gasteiger partial charge in [0.25, 0.3) is 0 Å². The number of rotatable bonds is 2. The molecule has 58 valence electrons. The SMILES string of the molecule is C/C=C\Nc1cc(Cl)ncn1. The highest BCUT2D eigenvalue weighted by Crippen LogP contribution is 2.07. The molecule has 0 aliphatic heterocycles. The van der Waals surface area contributed by atoms with Gasteiger partial charge >= 0.3 is 0 Å². The number of nitrogens with one attached hydrogen (secondary N) is 1. The molecule has 1 N–H and O–H groups in total.